The maximum Gasteiger partial charge on any atom is 0.0926 e. The molecule has 5 heteroatoms. The highest BCUT2D eigenvalue weighted by Crippen LogP contribution is 2.41. The average molecular weight is 193 g/mol. The Morgan fingerprint density at radius 3 is 1.93 bits per heavy atom. The van der Waals surface area contributed by atoms with Crippen molar-refractivity contribution in [3.63, 3.8) is 0 Å². The lowest BCUT2D eigenvalue weighted by atomic mass is 10.0. The first kappa shape index (κ1) is 10.2. The van der Waals surface area contributed by atoms with Crippen molar-refractivity contribution in [2.75, 3.05) is 22.9 Å². The molecule has 5 nitrogen and oxygen atoms in total. The van der Waals surface area contributed by atoms with Gasteiger partial charge in [-0.25, -0.2) is 0 Å². The van der Waals surface area contributed by atoms with Crippen LogP contribution < -0.4 is 22.9 Å². The van der Waals surface area contributed by atoms with Crippen LogP contribution in [-0.4, -0.2) is 6.72 Å². The fraction of sp³-hybridized carbons (Fsp3) is 0.222. The molecule has 0 aliphatic carbocycles. The number of nitrogens with two attached hydrogens (primary N) is 4. The predicted octanol–water partition coefficient (Wildman–Crippen LogP) is 0.910. The molecule has 0 radical (unpaired) electrons. The van der Waals surface area contributed by atoms with Gasteiger partial charge in [0.05, 0.1) is 28.4 Å². The molecule has 0 aliphatic rings. The topological polar surface area (TPSA) is 116 Å². The highest BCUT2D eigenvalue weighted by atomic mass is 14.8. The third-order valence-electron chi connectivity index (χ3n) is 2.25. The number of aliphatic imine (C=N–C) groups is 1. The van der Waals surface area contributed by atoms with E-state index in [0.29, 0.717) is 29.2 Å². The van der Waals surface area contributed by atoms with E-state index in [1.165, 1.54) is 0 Å². The van der Waals surface area contributed by atoms with Crippen molar-refractivity contribution >= 4 is 35.2 Å². The van der Waals surface area contributed by atoms with E-state index in [1.807, 2.05) is 6.92 Å². The van der Waals surface area contributed by atoms with Crippen LogP contribution in [0.2, 0.25) is 0 Å². The summed E-state index contributed by atoms with van der Waals surface area (Å²) in [5, 5.41) is 0. The Bertz CT molecular complexity index is 384. The number of anilines is 4. The molecule has 0 bridgehead atoms. The zero-order valence-electron chi connectivity index (χ0n) is 8.17. The van der Waals surface area contributed by atoms with Crippen LogP contribution in [0.1, 0.15) is 12.5 Å². The molecule has 1 aromatic rings. The molecule has 0 unspecified atom stereocenters. The largest absolute Gasteiger partial charge is 0.397 e. The first-order valence-corrected chi connectivity index (χ1v) is 4.26. The first-order chi connectivity index (χ1) is 6.54. The van der Waals surface area contributed by atoms with E-state index < -0.39 is 0 Å². The average Bonchev–Trinajstić information content (AvgIpc) is 2.20. The van der Waals surface area contributed by atoms with Crippen molar-refractivity contribution in [1.82, 2.24) is 0 Å². The van der Waals surface area contributed by atoms with Crippen molar-refractivity contribution in [2.24, 2.45) is 4.99 Å². The molecule has 1 aromatic carbocycles. The van der Waals surface area contributed by atoms with Gasteiger partial charge < -0.3 is 22.9 Å². The molecule has 0 amide bonds. The first-order valence-electron chi connectivity index (χ1n) is 4.26. The smallest absolute Gasteiger partial charge is 0.0926 e. The Morgan fingerprint density at radius 2 is 1.50 bits per heavy atom. The molecule has 0 aliphatic heterocycles. The molecule has 76 valence electrons. The zero-order valence-corrected chi connectivity index (χ0v) is 8.17. The molecule has 14 heavy (non-hydrogen) atoms. The van der Waals surface area contributed by atoms with Gasteiger partial charge in [0, 0.05) is 5.56 Å². The molecule has 0 fully saturated rings. The normalized spacial score (nSPS) is 10.1. The Balaban J connectivity index is 3.65. The molecular weight excluding hydrogens is 178 g/mol. The summed E-state index contributed by atoms with van der Waals surface area (Å²) in [6.45, 7) is 5.37. The molecule has 1 rings (SSSR count). The molecule has 0 saturated carbocycles. The lowest BCUT2D eigenvalue weighted by Gasteiger charge is -2.15. The standard InChI is InChI=1S/C9H15N5/c1-3-4-5(10)6(11)7(12)8(13)9(4)14-2/h2-3,10-13H2,1H3. The van der Waals surface area contributed by atoms with E-state index in [4.69, 9.17) is 22.9 Å². The van der Waals surface area contributed by atoms with Crippen molar-refractivity contribution in [3.8, 4) is 0 Å². The minimum Gasteiger partial charge on any atom is -0.397 e. The second kappa shape index (κ2) is 3.45. The number of benzene rings is 1. The van der Waals surface area contributed by atoms with Crippen molar-refractivity contribution in [1.29, 1.82) is 0 Å². The van der Waals surface area contributed by atoms with Crippen LogP contribution in [0.25, 0.3) is 0 Å². The van der Waals surface area contributed by atoms with Crippen molar-refractivity contribution in [3.05, 3.63) is 5.56 Å². The summed E-state index contributed by atoms with van der Waals surface area (Å²) in [5.41, 5.74) is 25.6. The predicted molar refractivity (Wildman–Crippen MR) is 62.7 cm³/mol. The van der Waals surface area contributed by atoms with E-state index >= 15 is 0 Å². The van der Waals surface area contributed by atoms with Gasteiger partial charge >= 0.3 is 0 Å². The number of nitrogen functional groups attached to an aromatic ring is 4. The van der Waals surface area contributed by atoms with Gasteiger partial charge in [-0.3, -0.25) is 4.99 Å². The van der Waals surface area contributed by atoms with E-state index in [0.717, 1.165) is 5.56 Å². The molecule has 8 N–H and O–H groups in total. The SMILES string of the molecule is C=Nc1c(N)c(N)c(N)c(N)c1CC. The summed E-state index contributed by atoms with van der Waals surface area (Å²) in [5.74, 6) is 0. The minimum atomic E-state index is 0.280. The van der Waals surface area contributed by atoms with E-state index in [2.05, 4.69) is 11.7 Å². The van der Waals surface area contributed by atoms with E-state index in [-0.39, 0.29) is 5.69 Å². The Hall–Kier alpha value is -1.91. The fourth-order valence-corrected chi connectivity index (χ4v) is 1.41. The zero-order chi connectivity index (χ0) is 10.9. The number of nitrogens with zero attached hydrogens (tertiary/aromatic N) is 1. The fourth-order valence-electron chi connectivity index (χ4n) is 1.41. The van der Waals surface area contributed by atoms with Gasteiger partial charge in [-0.15, -0.1) is 0 Å². The minimum absolute atomic E-state index is 0.280. The molecule has 0 spiro atoms. The maximum absolute atomic E-state index is 5.79. The number of hydrogen-bond donors (Lipinski definition) is 4. The van der Waals surface area contributed by atoms with E-state index in [1.54, 1.807) is 0 Å². The van der Waals surface area contributed by atoms with E-state index in [9.17, 15) is 0 Å². The molecule has 0 aromatic heterocycles. The van der Waals surface area contributed by atoms with Crippen LogP contribution in [0.15, 0.2) is 4.99 Å². The summed E-state index contributed by atoms with van der Waals surface area (Å²) in [6, 6.07) is 0. The summed E-state index contributed by atoms with van der Waals surface area (Å²) in [7, 11) is 0. The van der Waals surface area contributed by atoms with Gasteiger partial charge in [-0.2, -0.15) is 0 Å². The highest BCUT2D eigenvalue weighted by molar-refractivity contribution is 5.96. The van der Waals surface area contributed by atoms with Gasteiger partial charge in [0.2, 0.25) is 0 Å². The molecule has 0 atom stereocenters. The maximum atomic E-state index is 5.79. The molecule has 0 saturated heterocycles. The van der Waals surface area contributed by atoms with Gasteiger partial charge in [-0.1, -0.05) is 6.92 Å². The van der Waals surface area contributed by atoms with Crippen LogP contribution in [0.4, 0.5) is 28.4 Å². The Morgan fingerprint density at radius 1 is 1.00 bits per heavy atom. The second-order valence-electron chi connectivity index (χ2n) is 2.99. The summed E-state index contributed by atoms with van der Waals surface area (Å²) in [4.78, 5) is 3.81. The molecule has 0 heterocycles. The van der Waals surface area contributed by atoms with Crippen molar-refractivity contribution < 1.29 is 0 Å². The van der Waals surface area contributed by atoms with Crippen LogP contribution in [0.5, 0.6) is 0 Å². The summed E-state index contributed by atoms with van der Waals surface area (Å²) in [6.07, 6.45) is 0.689. The van der Waals surface area contributed by atoms with Crippen LogP contribution >= 0.6 is 0 Å². The Kier molecular flexibility index (Phi) is 2.51. The quantitative estimate of drug-likeness (QED) is 0.412. The van der Waals surface area contributed by atoms with Gasteiger partial charge in [0.15, 0.2) is 0 Å². The van der Waals surface area contributed by atoms with Crippen LogP contribution in [0.3, 0.4) is 0 Å². The van der Waals surface area contributed by atoms with Gasteiger partial charge in [0.1, 0.15) is 0 Å². The third-order valence-corrected chi connectivity index (χ3v) is 2.25. The highest BCUT2D eigenvalue weighted by Gasteiger charge is 2.15. The number of rotatable bonds is 2. The van der Waals surface area contributed by atoms with Crippen LogP contribution in [0, 0.1) is 0 Å². The summed E-state index contributed by atoms with van der Waals surface area (Å²) < 4.78 is 0. The molecular formula is C9H15N5. The lowest BCUT2D eigenvalue weighted by molar-refractivity contribution is 1.14. The van der Waals surface area contributed by atoms with Gasteiger partial charge in [-0.05, 0) is 13.1 Å². The second-order valence-corrected chi connectivity index (χ2v) is 2.99. The monoisotopic (exact) mass is 193 g/mol. The summed E-state index contributed by atoms with van der Waals surface area (Å²) >= 11 is 0. The van der Waals surface area contributed by atoms with Crippen molar-refractivity contribution in [2.45, 2.75) is 13.3 Å². The Labute approximate surface area is 82.8 Å². The third kappa shape index (κ3) is 1.22. The van der Waals surface area contributed by atoms with Gasteiger partial charge in [0.25, 0.3) is 0 Å². The van der Waals surface area contributed by atoms with Crippen LogP contribution in [-0.2, 0) is 6.42 Å². The lowest BCUT2D eigenvalue weighted by Crippen LogP contribution is -2.07. The number of hydrogen-bond acceptors (Lipinski definition) is 5.